The van der Waals surface area contributed by atoms with Crippen LogP contribution in [-0.4, -0.2) is 35.4 Å². The molecular formula is C17H23FN4OS. The number of anilines is 1. The summed E-state index contributed by atoms with van der Waals surface area (Å²) in [6, 6.07) is 6.30. The van der Waals surface area contributed by atoms with Gasteiger partial charge in [0, 0.05) is 31.5 Å². The van der Waals surface area contributed by atoms with Crippen LogP contribution in [0, 0.1) is 11.7 Å². The van der Waals surface area contributed by atoms with Gasteiger partial charge >= 0.3 is 0 Å². The first kappa shape index (κ1) is 18.3. The Hall–Kier alpha value is -2.02. The fourth-order valence-corrected chi connectivity index (χ4v) is 2.74. The first-order valence-corrected chi connectivity index (χ1v) is 8.76. The van der Waals surface area contributed by atoms with Gasteiger partial charge in [-0.25, -0.2) is 9.37 Å². The van der Waals surface area contributed by atoms with Crippen molar-refractivity contribution in [1.29, 1.82) is 0 Å². The summed E-state index contributed by atoms with van der Waals surface area (Å²) in [5, 5.41) is 3.61. The van der Waals surface area contributed by atoms with E-state index >= 15 is 0 Å². The van der Waals surface area contributed by atoms with Crippen molar-refractivity contribution < 1.29 is 9.18 Å². The first-order valence-electron chi connectivity index (χ1n) is 7.99. The number of likely N-dealkylation sites (N-methyl/N-ethyl adjacent to an activating group) is 1. The van der Waals surface area contributed by atoms with E-state index in [4.69, 9.17) is 0 Å². The molecular weight excluding hydrogens is 327 g/mol. The van der Waals surface area contributed by atoms with Gasteiger partial charge < -0.3 is 10.2 Å². The van der Waals surface area contributed by atoms with Crippen molar-refractivity contribution in [3.8, 4) is 0 Å². The van der Waals surface area contributed by atoms with E-state index in [1.807, 2.05) is 7.05 Å². The molecule has 2 rings (SSSR count). The number of nitrogens with one attached hydrogen (secondary N) is 1. The molecule has 5 nitrogen and oxygen atoms in total. The SMILES string of the molecule is CC(C)CCNC(=O)CN(C)c1nc(Cc2ccc(F)cc2)ns1. The zero-order valence-electron chi connectivity index (χ0n) is 14.3. The number of amides is 1. The molecule has 0 bridgehead atoms. The minimum absolute atomic E-state index is 0.0200. The second-order valence-corrected chi connectivity index (χ2v) is 6.92. The smallest absolute Gasteiger partial charge is 0.239 e. The first-order chi connectivity index (χ1) is 11.4. The Morgan fingerprint density at radius 3 is 2.71 bits per heavy atom. The number of hydrogen-bond donors (Lipinski definition) is 1. The lowest BCUT2D eigenvalue weighted by atomic mass is 10.1. The van der Waals surface area contributed by atoms with Crippen LogP contribution in [0.3, 0.4) is 0 Å². The highest BCUT2D eigenvalue weighted by Crippen LogP contribution is 2.17. The summed E-state index contributed by atoms with van der Waals surface area (Å²) in [4.78, 5) is 18.1. The van der Waals surface area contributed by atoms with Gasteiger partial charge in [0.2, 0.25) is 11.0 Å². The van der Waals surface area contributed by atoms with Crippen molar-refractivity contribution in [3.63, 3.8) is 0 Å². The van der Waals surface area contributed by atoms with Gasteiger partial charge in [-0.3, -0.25) is 4.79 Å². The van der Waals surface area contributed by atoms with Gasteiger partial charge in [-0.2, -0.15) is 4.37 Å². The molecule has 24 heavy (non-hydrogen) atoms. The maximum Gasteiger partial charge on any atom is 0.239 e. The fraction of sp³-hybridized carbons (Fsp3) is 0.471. The predicted molar refractivity (Wildman–Crippen MR) is 94.8 cm³/mol. The van der Waals surface area contributed by atoms with Crippen LogP contribution in [0.25, 0.3) is 0 Å². The number of carbonyl (C=O) groups is 1. The zero-order valence-corrected chi connectivity index (χ0v) is 15.1. The summed E-state index contributed by atoms with van der Waals surface area (Å²) in [7, 11) is 1.82. The lowest BCUT2D eigenvalue weighted by molar-refractivity contribution is -0.119. The van der Waals surface area contributed by atoms with Gasteiger partial charge in [0.25, 0.3) is 0 Å². The average Bonchev–Trinajstić information content (AvgIpc) is 2.98. The molecule has 0 fully saturated rings. The topological polar surface area (TPSA) is 58.1 Å². The molecule has 1 N–H and O–H groups in total. The van der Waals surface area contributed by atoms with Crippen molar-refractivity contribution in [3.05, 3.63) is 41.5 Å². The summed E-state index contributed by atoms with van der Waals surface area (Å²) in [5.41, 5.74) is 0.954. The molecule has 0 saturated heterocycles. The third-order valence-electron chi connectivity index (χ3n) is 3.48. The second kappa shape index (κ2) is 8.73. The molecule has 0 radical (unpaired) electrons. The molecule has 1 amide bonds. The number of carbonyl (C=O) groups excluding carboxylic acids is 1. The van der Waals surface area contributed by atoms with E-state index in [1.165, 1.54) is 23.7 Å². The molecule has 0 unspecified atom stereocenters. The summed E-state index contributed by atoms with van der Waals surface area (Å²) in [6.45, 7) is 5.20. The monoisotopic (exact) mass is 350 g/mol. The Morgan fingerprint density at radius 2 is 2.04 bits per heavy atom. The van der Waals surface area contributed by atoms with E-state index in [0.717, 1.165) is 12.0 Å². The molecule has 0 aliphatic heterocycles. The molecule has 0 aliphatic carbocycles. The van der Waals surface area contributed by atoms with Crippen molar-refractivity contribution in [2.75, 3.05) is 25.0 Å². The van der Waals surface area contributed by atoms with E-state index < -0.39 is 0 Å². The van der Waals surface area contributed by atoms with Crippen molar-refractivity contribution in [2.24, 2.45) is 5.92 Å². The van der Waals surface area contributed by atoms with Crippen LogP contribution in [0.5, 0.6) is 0 Å². The van der Waals surface area contributed by atoms with Crippen LogP contribution in [0.4, 0.5) is 9.52 Å². The normalized spacial score (nSPS) is 10.9. The Kier molecular flexibility index (Phi) is 6.66. The highest BCUT2D eigenvalue weighted by atomic mass is 32.1. The highest BCUT2D eigenvalue weighted by Gasteiger charge is 2.12. The summed E-state index contributed by atoms with van der Waals surface area (Å²) in [5.74, 6) is 0.969. The van der Waals surface area contributed by atoms with Gasteiger partial charge in [0.15, 0.2) is 0 Å². The number of nitrogens with zero attached hydrogens (tertiary/aromatic N) is 3. The zero-order chi connectivity index (χ0) is 17.5. The molecule has 0 atom stereocenters. The number of rotatable bonds is 8. The molecule has 1 aromatic carbocycles. The van der Waals surface area contributed by atoms with E-state index in [0.29, 0.717) is 29.8 Å². The summed E-state index contributed by atoms with van der Waals surface area (Å²) >= 11 is 1.26. The highest BCUT2D eigenvalue weighted by molar-refractivity contribution is 7.09. The van der Waals surface area contributed by atoms with Crippen molar-refractivity contribution >= 4 is 22.6 Å². The third kappa shape index (κ3) is 5.88. The maximum absolute atomic E-state index is 12.9. The van der Waals surface area contributed by atoms with E-state index in [9.17, 15) is 9.18 Å². The third-order valence-corrected chi connectivity index (χ3v) is 4.35. The molecule has 7 heteroatoms. The molecule has 0 aliphatic rings. The Labute approximate surface area is 146 Å². The van der Waals surface area contributed by atoms with Crippen LogP contribution in [0.15, 0.2) is 24.3 Å². The van der Waals surface area contributed by atoms with Gasteiger partial charge in [-0.15, -0.1) is 0 Å². The van der Waals surface area contributed by atoms with Crippen LogP contribution >= 0.6 is 11.5 Å². The minimum atomic E-state index is -0.256. The number of aromatic nitrogens is 2. The van der Waals surface area contributed by atoms with Crippen LogP contribution in [0.1, 0.15) is 31.7 Å². The molecule has 1 aromatic heterocycles. The van der Waals surface area contributed by atoms with E-state index in [1.54, 1.807) is 17.0 Å². The maximum atomic E-state index is 12.9. The largest absolute Gasteiger partial charge is 0.355 e. The molecule has 0 spiro atoms. The van der Waals surface area contributed by atoms with Crippen molar-refractivity contribution in [2.45, 2.75) is 26.7 Å². The number of halogens is 1. The number of hydrogen-bond acceptors (Lipinski definition) is 5. The van der Waals surface area contributed by atoms with Gasteiger partial charge in [-0.1, -0.05) is 26.0 Å². The van der Waals surface area contributed by atoms with Gasteiger partial charge in [0.05, 0.1) is 6.54 Å². The summed E-state index contributed by atoms with van der Waals surface area (Å²) in [6.07, 6.45) is 1.52. The Bertz CT molecular complexity index is 657. The average molecular weight is 350 g/mol. The van der Waals surface area contributed by atoms with Crippen LogP contribution in [0.2, 0.25) is 0 Å². The lowest BCUT2D eigenvalue weighted by Crippen LogP contribution is -2.35. The standard InChI is InChI=1S/C17H23FN4OS/c1-12(2)8-9-19-16(23)11-22(3)17-20-15(21-24-17)10-13-4-6-14(18)7-5-13/h4-7,12H,8-11H2,1-3H3,(H,19,23). The van der Waals surface area contributed by atoms with Crippen LogP contribution in [-0.2, 0) is 11.2 Å². The molecule has 1 heterocycles. The molecule has 0 saturated carbocycles. The number of benzene rings is 1. The Morgan fingerprint density at radius 1 is 1.33 bits per heavy atom. The summed E-state index contributed by atoms with van der Waals surface area (Å²) < 4.78 is 17.2. The predicted octanol–water partition coefficient (Wildman–Crippen LogP) is 2.87. The van der Waals surface area contributed by atoms with Gasteiger partial charge in [0.1, 0.15) is 11.6 Å². The quantitative estimate of drug-likeness (QED) is 0.795. The lowest BCUT2D eigenvalue weighted by Gasteiger charge is -2.15. The second-order valence-electron chi connectivity index (χ2n) is 6.18. The minimum Gasteiger partial charge on any atom is -0.355 e. The van der Waals surface area contributed by atoms with E-state index in [-0.39, 0.29) is 18.3 Å². The molecule has 130 valence electrons. The van der Waals surface area contributed by atoms with Crippen molar-refractivity contribution in [1.82, 2.24) is 14.7 Å². The molecule has 2 aromatic rings. The van der Waals surface area contributed by atoms with E-state index in [2.05, 4.69) is 28.5 Å². The van der Waals surface area contributed by atoms with Gasteiger partial charge in [-0.05, 0) is 30.0 Å². The van der Waals surface area contributed by atoms with Crippen LogP contribution < -0.4 is 10.2 Å². The fourth-order valence-electron chi connectivity index (χ4n) is 2.10. The Balaban J connectivity index is 1.85.